The Morgan fingerprint density at radius 1 is 1.21 bits per heavy atom. The van der Waals surface area contributed by atoms with Gasteiger partial charge in [-0.15, -0.1) is 0 Å². The number of piperidine rings is 1. The molecule has 0 aliphatic carbocycles. The lowest BCUT2D eigenvalue weighted by atomic mass is 9.96. The summed E-state index contributed by atoms with van der Waals surface area (Å²) in [5.74, 6) is -1.24. The lowest BCUT2D eigenvalue weighted by Gasteiger charge is -2.42. The van der Waals surface area contributed by atoms with Gasteiger partial charge in [-0.25, -0.2) is 8.78 Å². The van der Waals surface area contributed by atoms with Crippen LogP contribution in [0.5, 0.6) is 0 Å². The van der Waals surface area contributed by atoms with Crippen molar-refractivity contribution in [2.75, 3.05) is 32.7 Å². The van der Waals surface area contributed by atoms with E-state index in [1.165, 1.54) is 6.42 Å². The molecule has 0 aromatic heterocycles. The van der Waals surface area contributed by atoms with E-state index in [1.54, 1.807) is 0 Å². The molecule has 0 amide bonds. The largest absolute Gasteiger partial charge is 0.298 e. The smallest absolute Gasteiger partial charge is 0.275 e. The van der Waals surface area contributed by atoms with Crippen molar-refractivity contribution in [2.45, 2.75) is 52.0 Å². The van der Waals surface area contributed by atoms with Gasteiger partial charge in [0, 0.05) is 13.1 Å². The molecule has 112 valence electrons. The molecular weight excluding hydrogens is 246 g/mol. The van der Waals surface area contributed by atoms with Gasteiger partial charge in [-0.2, -0.15) is 0 Å². The summed E-state index contributed by atoms with van der Waals surface area (Å²) in [6.45, 7) is 9.65. The van der Waals surface area contributed by atoms with E-state index in [2.05, 4.69) is 18.7 Å². The summed E-state index contributed by atoms with van der Waals surface area (Å²) in [6, 6.07) is -0.521. The van der Waals surface area contributed by atoms with E-state index >= 15 is 0 Å². The Kier molecular flexibility index (Phi) is 4.83. The summed E-state index contributed by atoms with van der Waals surface area (Å²) in [6.07, 6.45) is 2.90. The first-order valence-corrected chi connectivity index (χ1v) is 7.76. The van der Waals surface area contributed by atoms with Crippen LogP contribution in [0.15, 0.2) is 0 Å². The zero-order chi connectivity index (χ0) is 14.0. The van der Waals surface area contributed by atoms with Crippen LogP contribution >= 0.6 is 0 Å². The second kappa shape index (κ2) is 6.04. The van der Waals surface area contributed by atoms with Crippen molar-refractivity contribution in [3.8, 4) is 0 Å². The van der Waals surface area contributed by atoms with Gasteiger partial charge in [0.25, 0.3) is 5.92 Å². The lowest BCUT2D eigenvalue weighted by Crippen LogP contribution is -2.57. The SMILES string of the molecule is CCN1CCC(N2CCC(CC(C)C)C2)C(F)(F)C1. The molecule has 0 spiro atoms. The van der Waals surface area contributed by atoms with Crippen LogP contribution in [-0.4, -0.2) is 54.5 Å². The molecule has 2 atom stereocenters. The van der Waals surface area contributed by atoms with Crippen LogP contribution in [0.3, 0.4) is 0 Å². The number of rotatable bonds is 4. The summed E-state index contributed by atoms with van der Waals surface area (Å²) in [7, 11) is 0. The zero-order valence-electron chi connectivity index (χ0n) is 12.5. The highest BCUT2D eigenvalue weighted by Crippen LogP contribution is 2.35. The maximum atomic E-state index is 14.3. The summed E-state index contributed by atoms with van der Waals surface area (Å²) in [5.41, 5.74) is 0. The Labute approximate surface area is 116 Å². The van der Waals surface area contributed by atoms with Crippen molar-refractivity contribution in [1.29, 1.82) is 0 Å². The predicted molar refractivity (Wildman–Crippen MR) is 74.6 cm³/mol. The molecule has 2 fully saturated rings. The van der Waals surface area contributed by atoms with Crippen LogP contribution in [0.2, 0.25) is 0 Å². The molecule has 2 nitrogen and oxygen atoms in total. The maximum absolute atomic E-state index is 14.3. The van der Waals surface area contributed by atoms with Gasteiger partial charge < -0.3 is 0 Å². The van der Waals surface area contributed by atoms with Gasteiger partial charge in [-0.1, -0.05) is 20.8 Å². The topological polar surface area (TPSA) is 6.48 Å². The molecule has 19 heavy (non-hydrogen) atoms. The minimum atomic E-state index is -2.54. The molecule has 4 heteroatoms. The highest BCUT2D eigenvalue weighted by atomic mass is 19.3. The van der Waals surface area contributed by atoms with Crippen LogP contribution in [0, 0.1) is 11.8 Å². The maximum Gasteiger partial charge on any atom is 0.275 e. The van der Waals surface area contributed by atoms with Crippen molar-refractivity contribution in [3.63, 3.8) is 0 Å². The molecule has 0 saturated carbocycles. The van der Waals surface area contributed by atoms with E-state index in [-0.39, 0.29) is 6.54 Å². The van der Waals surface area contributed by atoms with Crippen LogP contribution in [0.4, 0.5) is 8.78 Å². The summed E-state index contributed by atoms with van der Waals surface area (Å²) in [5, 5.41) is 0. The van der Waals surface area contributed by atoms with Gasteiger partial charge in [-0.3, -0.25) is 9.80 Å². The van der Waals surface area contributed by atoms with Crippen molar-refractivity contribution in [2.24, 2.45) is 11.8 Å². The average Bonchev–Trinajstić information content (AvgIpc) is 2.74. The quantitative estimate of drug-likeness (QED) is 0.777. The van der Waals surface area contributed by atoms with Gasteiger partial charge in [0.1, 0.15) is 0 Å². The fourth-order valence-electron chi connectivity index (χ4n) is 3.72. The van der Waals surface area contributed by atoms with Crippen LogP contribution < -0.4 is 0 Å². The Balaban J connectivity index is 1.92. The summed E-state index contributed by atoms with van der Waals surface area (Å²) in [4.78, 5) is 3.94. The number of hydrogen-bond donors (Lipinski definition) is 0. The van der Waals surface area contributed by atoms with Gasteiger partial charge in [0.05, 0.1) is 12.6 Å². The van der Waals surface area contributed by atoms with E-state index in [1.807, 2.05) is 11.8 Å². The second-order valence-corrected chi connectivity index (χ2v) is 6.71. The summed E-state index contributed by atoms with van der Waals surface area (Å²) >= 11 is 0. The van der Waals surface area contributed by atoms with Crippen molar-refractivity contribution in [3.05, 3.63) is 0 Å². The summed E-state index contributed by atoms with van der Waals surface area (Å²) < 4.78 is 28.5. The molecule has 0 radical (unpaired) electrons. The average molecular weight is 274 g/mol. The monoisotopic (exact) mass is 274 g/mol. The first kappa shape index (κ1) is 15.2. The molecule has 2 aliphatic rings. The first-order valence-electron chi connectivity index (χ1n) is 7.76. The Bertz CT molecular complexity index is 294. The number of halogens is 2. The minimum absolute atomic E-state index is 0.0560. The van der Waals surface area contributed by atoms with E-state index in [9.17, 15) is 8.78 Å². The molecule has 2 heterocycles. The Morgan fingerprint density at radius 2 is 1.95 bits per heavy atom. The van der Waals surface area contributed by atoms with Crippen LogP contribution in [0.25, 0.3) is 0 Å². The third-order valence-electron chi connectivity index (χ3n) is 4.65. The number of hydrogen-bond acceptors (Lipinski definition) is 2. The third kappa shape index (κ3) is 3.66. The molecule has 2 rings (SSSR count). The molecule has 2 unspecified atom stereocenters. The van der Waals surface area contributed by atoms with E-state index in [0.717, 1.165) is 32.6 Å². The second-order valence-electron chi connectivity index (χ2n) is 6.71. The van der Waals surface area contributed by atoms with E-state index in [0.29, 0.717) is 18.3 Å². The van der Waals surface area contributed by atoms with Crippen LogP contribution in [-0.2, 0) is 0 Å². The Morgan fingerprint density at radius 3 is 2.53 bits per heavy atom. The molecule has 2 aliphatic heterocycles. The Hall–Kier alpha value is -0.220. The molecule has 0 bridgehead atoms. The highest BCUT2D eigenvalue weighted by molar-refractivity contribution is 4.95. The highest BCUT2D eigenvalue weighted by Gasteiger charge is 2.48. The number of alkyl halides is 2. The standard InChI is InChI=1S/C15H28F2N2/c1-4-18-7-6-14(15(16,17)11-18)19-8-5-13(10-19)9-12(2)3/h12-14H,4-11H2,1-3H3. The van der Waals surface area contributed by atoms with Crippen molar-refractivity contribution in [1.82, 2.24) is 9.80 Å². The van der Waals surface area contributed by atoms with Gasteiger partial charge in [-0.05, 0) is 44.2 Å². The zero-order valence-corrected chi connectivity index (χ0v) is 12.5. The molecule has 0 aromatic rings. The third-order valence-corrected chi connectivity index (χ3v) is 4.65. The first-order chi connectivity index (χ1) is 8.92. The van der Waals surface area contributed by atoms with E-state index in [4.69, 9.17) is 0 Å². The normalized spacial score (nSPS) is 33.2. The molecule has 0 aromatic carbocycles. The van der Waals surface area contributed by atoms with Crippen LogP contribution in [0.1, 0.15) is 40.0 Å². The molecule has 2 saturated heterocycles. The van der Waals surface area contributed by atoms with Gasteiger partial charge >= 0.3 is 0 Å². The minimum Gasteiger partial charge on any atom is -0.298 e. The fraction of sp³-hybridized carbons (Fsp3) is 1.00. The van der Waals surface area contributed by atoms with Gasteiger partial charge in [0.2, 0.25) is 0 Å². The fourth-order valence-corrected chi connectivity index (χ4v) is 3.72. The van der Waals surface area contributed by atoms with Crippen molar-refractivity contribution >= 4 is 0 Å². The molecular formula is C15H28F2N2. The van der Waals surface area contributed by atoms with Crippen molar-refractivity contribution < 1.29 is 8.78 Å². The lowest BCUT2D eigenvalue weighted by molar-refractivity contribution is -0.122. The number of nitrogens with zero attached hydrogens (tertiary/aromatic N) is 2. The predicted octanol–water partition coefficient (Wildman–Crippen LogP) is 3.08. The molecule has 0 N–H and O–H groups in total. The number of likely N-dealkylation sites (tertiary alicyclic amines) is 2. The van der Waals surface area contributed by atoms with Gasteiger partial charge in [0.15, 0.2) is 0 Å². The van der Waals surface area contributed by atoms with E-state index < -0.39 is 12.0 Å².